The Kier molecular flexibility index (Phi) is 3.61. The summed E-state index contributed by atoms with van der Waals surface area (Å²) < 4.78 is 26.1. The van der Waals surface area contributed by atoms with E-state index in [1.165, 1.54) is 10.4 Å². The SMILES string of the molecule is Cc1cc(S(=O)(=O)N2CCC(O)CC2)ccc1N. The number of anilines is 1. The van der Waals surface area contributed by atoms with E-state index in [0.717, 1.165) is 5.56 Å². The van der Waals surface area contributed by atoms with Crippen molar-refractivity contribution < 1.29 is 13.5 Å². The molecule has 0 radical (unpaired) electrons. The van der Waals surface area contributed by atoms with Crippen molar-refractivity contribution in [2.45, 2.75) is 30.8 Å². The molecule has 1 aromatic rings. The minimum Gasteiger partial charge on any atom is -0.399 e. The number of aryl methyl sites for hydroxylation is 1. The van der Waals surface area contributed by atoms with Crippen molar-refractivity contribution in [2.24, 2.45) is 0 Å². The second kappa shape index (κ2) is 4.87. The van der Waals surface area contributed by atoms with Crippen molar-refractivity contribution in [3.63, 3.8) is 0 Å². The molecule has 5 nitrogen and oxygen atoms in total. The van der Waals surface area contributed by atoms with Gasteiger partial charge in [0.05, 0.1) is 11.0 Å². The minimum atomic E-state index is -3.46. The second-order valence-corrected chi connectivity index (χ2v) is 6.59. The third-order valence-corrected chi connectivity index (χ3v) is 5.20. The number of hydrogen-bond donors (Lipinski definition) is 2. The van der Waals surface area contributed by atoms with Gasteiger partial charge in [-0.2, -0.15) is 4.31 Å². The maximum absolute atomic E-state index is 12.4. The Labute approximate surface area is 107 Å². The summed E-state index contributed by atoms with van der Waals surface area (Å²) >= 11 is 0. The molecule has 2 rings (SSSR count). The van der Waals surface area contributed by atoms with E-state index in [9.17, 15) is 13.5 Å². The zero-order valence-corrected chi connectivity index (χ0v) is 11.2. The fourth-order valence-corrected chi connectivity index (χ4v) is 3.60. The number of aliphatic hydroxyl groups excluding tert-OH is 1. The number of aliphatic hydroxyl groups is 1. The molecular weight excluding hydrogens is 252 g/mol. The van der Waals surface area contributed by atoms with Crippen LogP contribution in [0.15, 0.2) is 23.1 Å². The fraction of sp³-hybridized carbons (Fsp3) is 0.500. The Morgan fingerprint density at radius 2 is 1.94 bits per heavy atom. The van der Waals surface area contributed by atoms with Gasteiger partial charge in [-0.3, -0.25) is 0 Å². The van der Waals surface area contributed by atoms with Gasteiger partial charge in [0.15, 0.2) is 0 Å². The highest BCUT2D eigenvalue weighted by Gasteiger charge is 2.28. The summed E-state index contributed by atoms with van der Waals surface area (Å²) in [4.78, 5) is 0.269. The largest absolute Gasteiger partial charge is 0.399 e. The molecule has 0 spiro atoms. The summed E-state index contributed by atoms with van der Waals surface area (Å²) in [6, 6.07) is 4.74. The normalized spacial score (nSPS) is 19.0. The molecule has 1 heterocycles. The van der Waals surface area contributed by atoms with E-state index in [0.29, 0.717) is 31.6 Å². The quantitative estimate of drug-likeness (QED) is 0.776. The number of nitrogens with zero attached hydrogens (tertiary/aromatic N) is 1. The number of piperidine rings is 1. The van der Waals surface area contributed by atoms with Gasteiger partial charge in [0, 0.05) is 18.8 Å². The van der Waals surface area contributed by atoms with E-state index in [4.69, 9.17) is 5.73 Å². The zero-order chi connectivity index (χ0) is 13.3. The molecule has 18 heavy (non-hydrogen) atoms. The first kappa shape index (κ1) is 13.3. The van der Waals surface area contributed by atoms with Crippen LogP contribution in [0, 0.1) is 6.92 Å². The van der Waals surface area contributed by atoms with Gasteiger partial charge in [-0.15, -0.1) is 0 Å². The van der Waals surface area contributed by atoms with E-state index >= 15 is 0 Å². The van der Waals surface area contributed by atoms with Gasteiger partial charge >= 0.3 is 0 Å². The molecule has 100 valence electrons. The van der Waals surface area contributed by atoms with Crippen LogP contribution in [-0.4, -0.2) is 37.0 Å². The van der Waals surface area contributed by atoms with Crippen molar-refractivity contribution in [1.82, 2.24) is 4.31 Å². The summed E-state index contributed by atoms with van der Waals surface area (Å²) in [6.45, 7) is 2.52. The molecule has 0 aromatic heterocycles. The Morgan fingerprint density at radius 3 is 2.50 bits per heavy atom. The average Bonchev–Trinajstić information content (AvgIpc) is 2.33. The fourth-order valence-electron chi connectivity index (χ4n) is 2.04. The summed E-state index contributed by atoms with van der Waals surface area (Å²) in [5.74, 6) is 0. The molecule has 6 heteroatoms. The zero-order valence-electron chi connectivity index (χ0n) is 10.3. The molecule has 0 unspecified atom stereocenters. The molecule has 0 bridgehead atoms. The van der Waals surface area contributed by atoms with Gasteiger partial charge < -0.3 is 10.8 Å². The Bertz CT molecular complexity index is 534. The second-order valence-electron chi connectivity index (χ2n) is 4.65. The smallest absolute Gasteiger partial charge is 0.243 e. The van der Waals surface area contributed by atoms with Crippen LogP contribution < -0.4 is 5.73 Å². The number of nitrogens with two attached hydrogens (primary N) is 1. The average molecular weight is 270 g/mol. The first-order valence-corrected chi connectivity index (χ1v) is 7.39. The lowest BCUT2D eigenvalue weighted by Crippen LogP contribution is -2.40. The van der Waals surface area contributed by atoms with Crippen molar-refractivity contribution in [1.29, 1.82) is 0 Å². The van der Waals surface area contributed by atoms with E-state index in [1.54, 1.807) is 19.1 Å². The van der Waals surface area contributed by atoms with Crippen molar-refractivity contribution in [3.8, 4) is 0 Å². The maximum Gasteiger partial charge on any atom is 0.243 e. The molecule has 3 N–H and O–H groups in total. The van der Waals surface area contributed by atoms with Crippen LogP contribution in [0.3, 0.4) is 0 Å². The molecule has 0 saturated carbocycles. The first-order chi connectivity index (χ1) is 8.41. The number of rotatable bonds is 2. The van der Waals surface area contributed by atoms with Crippen LogP contribution in [0.1, 0.15) is 18.4 Å². The van der Waals surface area contributed by atoms with Gasteiger partial charge in [-0.25, -0.2) is 8.42 Å². The molecule has 0 aliphatic carbocycles. The van der Waals surface area contributed by atoms with E-state index in [-0.39, 0.29) is 11.0 Å². The summed E-state index contributed by atoms with van der Waals surface area (Å²) in [7, 11) is -3.46. The lowest BCUT2D eigenvalue weighted by atomic mass is 10.1. The lowest BCUT2D eigenvalue weighted by Gasteiger charge is -2.28. The monoisotopic (exact) mass is 270 g/mol. The van der Waals surface area contributed by atoms with E-state index < -0.39 is 10.0 Å². The molecule has 0 atom stereocenters. The van der Waals surface area contributed by atoms with Crippen molar-refractivity contribution in [3.05, 3.63) is 23.8 Å². The predicted molar refractivity (Wildman–Crippen MR) is 69.6 cm³/mol. The van der Waals surface area contributed by atoms with Crippen molar-refractivity contribution in [2.75, 3.05) is 18.8 Å². The van der Waals surface area contributed by atoms with Gasteiger partial charge in [0.1, 0.15) is 0 Å². The molecule has 0 amide bonds. The van der Waals surface area contributed by atoms with Gasteiger partial charge in [-0.1, -0.05) is 0 Å². The standard InChI is InChI=1S/C12H18N2O3S/c1-9-8-11(2-3-12(9)13)18(16,17)14-6-4-10(15)5-7-14/h2-3,8,10,15H,4-7,13H2,1H3. The molecule has 1 saturated heterocycles. The van der Waals surface area contributed by atoms with Crippen LogP contribution in [0.5, 0.6) is 0 Å². The molecule has 1 aromatic carbocycles. The van der Waals surface area contributed by atoms with Gasteiger partial charge in [0.2, 0.25) is 10.0 Å². The van der Waals surface area contributed by atoms with Gasteiger partial charge in [-0.05, 0) is 43.5 Å². The summed E-state index contributed by atoms with van der Waals surface area (Å²) in [6.07, 6.45) is 0.602. The number of benzene rings is 1. The van der Waals surface area contributed by atoms with E-state index in [2.05, 4.69) is 0 Å². The van der Waals surface area contributed by atoms with Crippen molar-refractivity contribution >= 4 is 15.7 Å². The highest BCUT2D eigenvalue weighted by atomic mass is 32.2. The third kappa shape index (κ3) is 2.50. The molecule has 1 aliphatic heterocycles. The highest BCUT2D eigenvalue weighted by Crippen LogP contribution is 2.23. The van der Waals surface area contributed by atoms with Crippen LogP contribution in [-0.2, 0) is 10.0 Å². The Morgan fingerprint density at radius 1 is 1.33 bits per heavy atom. The molecule has 1 aliphatic rings. The highest BCUT2D eigenvalue weighted by molar-refractivity contribution is 7.89. The van der Waals surface area contributed by atoms with Gasteiger partial charge in [0.25, 0.3) is 0 Å². The van der Waals surface area contributed by atoms with E-state index in [1.807, 2.05) is 0 Å². The Balaban J connectivity index is 2.27. The molecule has 1 fully saturated rings. The minimum absolute atomic E-state index is 0.269. The topological polar surface area (TPSA) is 83.6 Å². The van der Waals surface area contributed by atoms with Crippen LogP contribution >= 0.6 is 0 Å². The number of hydrogen-bond acceptors (Lipinski definition) is 4. The van der Waals surface area contributed by atoms with Crippen LogP contribution in [0.2, 0.25) is 0 Å². The van der Waals surface area contributed by atoms with Crippen LogP contribution in [0.4, 0.5) is 5.69 Å². The maximum atomic E-state index is 12.4. The summed E-state index contributed by atoms with van der Waals surface area (Å²) in [5.41, 5.74) is 7.03. The number of sulfonamides is 1. The lowest BCUT2D eigenvalue weighted by molar-refractivity contribution is 0.113. The van der Waals surface area contributed by atoms with Crippen LogP contribution in [0.25, 0.3) is 0 Å². The first-order valence-electron chi connectivity index (χ1n) is 5.95. The predicted octanol–water partition coefficient (Wildman–Crippen LogP) is 0.723. The molecular formula is C12H18N2O3S. The third-order valence-electron chi connectivity index (χ3n) is 3.30. The summed E-state index contributed by atoms with van der Waals surface area (Å²) in [5, 5.41) is 9.41. The number of nitrogen functional groups attached to an aromatic ring is 1. The Hall–Kier alpha value is -1.11.